The number of benzene rings is 2. The van der Waals surface area contributed by atoms with Crippen LogP contribution in [0.1, 0.15) is 25.7 Å². The predicted octanol–water partition coefficient (Wildman–Crippen LogP) is 2.12. The van der Waals surface area contributed by atoms with Crippen molar-refractivity contribution in [3.8, 4) is 6.07 Å². The van der Waals surface area contributed by atoms with E-state index in [1.54, 1.807) is 60.7 Å². The van der Waals surface area contributed by atoms with Gasteiger partial charge < -0.3 is 0 Å². The fraction of sp³-hybridized carbons (Fsp3) is 0.346. The molecule has 0 bridgehead atoms. The zero-order valence-corrected chi connectivity index (χ0v) is 19.1. The summed E-state index contributed by atoms with van der Waals surface area (Å²) in [5.74, 6) is -4.18. The molecule has 10 heteroatoms. The molecule has 1 unspecified atom stereocenters. The van der Waals surface area contributed by atoms with Crippen LogP contribution in [0, 0.1) is 23.2 Å². The molecule has 4 heterocycles. The van der Waals surface area contributed by atoms with Crippen molar-refractivity contribution < 1.29 is 28.9 Å². The van der Waals surface area contributed by atoms with E-state index < -0.39 is 53.2 Å². The Labute approximate surface area is 206 Å². The van der Waals surface area contributed by atoms with Crippen molar-refractivity contribution in [2.75, 3.05) is 9.80 Å². The van der Waals surface area contributed by atoms with Crippen molar-refractivity contribution in [2.45, 2.75) is 43.4 Å². The second kappa shape index (κ2) is 8.34. The number of hydrogen-bond acceptors (Lipinski definition) is 8. The third-order valence-corrected chi connectivity index (χ3v) is 7.49. The van der Waals surface area contributed by atoms with Gasteiger partial charge in [0.15, 0.2) is 12.2 Å². The van der Waals surface area contributed by atoms with E-state index >= 15 is 0 Å². The number of hydroxylamine groups is 2. The molecule has 0 aliphatic carbocycles. The van der Waals surface area contributed by atoms with Crippen molar-refractivity contribution in [3.63, 3.8) is 0 Å². The van der Waals surface area contributed by atoms with E-state index in [0.717, 1.165) is 15.0 Å². The van der Waals surface area contributed by atoms with E-state index in [2.05, 4.69) is 6.07 Å². The van der Waals surface area contributed by atoms with Crippen molar-refractivity contribution >= 4 is 35.0 Å². The fourth-order valence-electron chi connectivity index (χ4n) is 5.98. The molecule has 36 heavy (non-hydrogen) atoms. The second-order valence-electron chi connectivity index (χ2n) is 9.32. The Morgan fingerprint density at radius 3 is 1.64 bits per heavy atom. The molecular formula is C26H22N4O6. The Morgan fingerprint density at radius 1 is 0.722 bits per heavy atom. The minimum absolute atomic E-state index is 0.236. The Hall–Kier alpha value is -3.91. The lowest BCUT2D eigenvalue weighted by Crippen LogP contribution is -2.54. The molecule has 2 aromatic carbocycles. The van der Waals surface area contributed by atoms with Crippen LogP contribution >= 0.6 is 0 Å². The van der Waals surface area contributed by atoms with Gasteiger partial charge in [-0.1, -0.05) is 48.0 Å². The van der Waals surface area contributed by atoms with Crippen LogP contribution < -0.4 is 9.80 Å². The van der Waals surface area contributed by atoms with Crippen LogP contribution in [0.5, 0.6) is 0 Å². The minimum Gasteiger partial charge on any atom is -0.273 e. The number of unbranched alkanes of at least 4 members (excludes halogenated alkanes) is 2. The third kappa shape index (κ3) is 2.94. The van der Waals surface area contributed by atoms with Gasteiger partial charge in [-0.05, 0) is 37.1 Å². The molecule has 0 N–H and O–H groups in total. The molecule has 4 aliphatic rings. The van der Waals surface area contributed by atoms with Crippen LogP contribution in [0.15, 0.2) is 60.7 Å². The summed E-state index contributed by atoms with van der Waals surface area (Å²) in [7, 11) is 0. The number of carbonyl (C=O) groups is 4. The normalized spacial score (nSPS) is 31.1. The lowest BCUT2D eigenvalue weighted by molar-refractivity contribution is -0.364. The van der Waals surface area contributed by atoms with Gasteiger partial charge in [0.25, 0.3) is 11.8 Å². The standard InChI is InChI=1S/C26H22N4O6/c27-15-9-3-8-14-26-18-20(24(33)28(22(18)31)16-10-4-1-5-11-16)35-30(26)36-21-19(26)23(32)29(25(21)34)17-12-6-2-7-13-17/h1-2,4-7,10-13,18-21H,3,8-9,14H2/t18-,19+,20-,21+,26?. The number of imide groups is 2. The topological polar surface area (TPSA) is 120 Å². The molecule has 5 atom stereocenters. The van der Waals surface area contributed by atoms with Crippen molar-refractivity contribution in [1.82, 2.24) is 5.23 Å². The number of nitriles is 1. The lowest BCUT2D eigenvalue weighted by Gasteiger charge is -2.35. The van der Waals surface area contributed by atoms with Crippen LogP contribution in [-0.4, -0.2) is 46.6 Å². The first kappa shape index (κ1) is 22.5. The maximum Gasteiger partial charge on any atom is 0.266 e. The number of fused-ring (bicyclic) bond motifs is 5. The summed E-state index contributed by atoms with van der Waals surface area (Å²) in [5.41, 5.74) is -0.545. The maximum atomic E-state index is 13.8. The molecule has 6 rings (SSSR count). The molecule has 4 fully saturated rings. The van der Waals surface area contributed by atoms with Crippen LogP contribution in [-0.2, 0) is 28.9 Å². The second-order valence-corrected chi connectivity index (χ2v) is 9.32. The van der Waals surface area contributed by atoms with E-state index in [-0.39, 0.29) is 6.42 Å². The summed E-state index contributed by atoms with van der Waals surface area (Å²) in [6, 6.07) is 19.2. The largest absolute Gasteiger partial charge is 0.273 e. The molecule has 0 spiro atoms. The molecule has 4 amide bonds. The van der Waals surface area contributed by atoms with Gasteiger partial charge in [0.2, 0.25) is 11.8 Å². The van der Waals surface area contributed by atoms with E-state index in [1.807, 2.05) is 0 Å². The van der Waals surface area contributed by atoms with E-state index in [9.17, 15) is 19.2 Å². The van der Waals surface area contributed by atoms with Crippen molar-refractivity contribution in [2.24, 2.45) is 11.8 Å². The molecule has 2 aromatic rings. The Balaban J connectivity index is 1.42. The van der Waals surface area contributed by atoms with Gasteiger partial charge in [-0.3, -0.25) is 28.9 Å². The number of hydrogen-bond donors (Lipinski definition) is 0. The number of para-hydroxylation sites is 2. The van der Waals surface area contributed by atoms with Crippen molar-refractivity contribution in [3.05, 3.63) is 60.7 Å². The maximum absolute atomic E-state index is 13.8. The highest BCUT2D eigenvalue weighted by Crippen LogP contribution is 2.58. The Kier molecular flexibility index (Phi) is 5.22. The molecule has 10 nitrogen and oxygen atoms in total. The summed E-state index contributed by atoms with van der Waals surface area (Å²) < 4.78 is 0. The van der Waals surface area contributed by atoms with E-state index in [4.69, 9.17) is 14.9 Å². The Bertz CT molecular complexity index is 1210. The van der Waals surface area contributed by atoms with Gasteiger partial charge in [0.05, 0.1) is 17.4 Å². The van der Waals surface area contributed by atoms with Gasteiger partial charge in [0, 0.05) is 6.42 Å². The summed E-state index contributed by atoms with van der Waals surface area (Å²) in [4.78, 5) is 68.4. The number of carbonyl (C=O) groups excluding carboxylic acids is 4. The zero-order valence-electron chi connectivity index (χ0n) is 19.1. The first-order valence-corrected chi connectivity index (χ1v) is 11.9. The summed E-state index contributed by atoms with van der Waals surface area (Å²) in [5, 5.41) is 10.1. The monoisotopic (exact) mass is 486 g/mol. The first-order chi connectivity index (χ1) is 17.5. The van der Waals surface area contributed by atoms with Crippen molar-refractivity contribution in [1.29, 1.82) is 5.26 Å². The van der Waals surface area contributed by atoms with Gasteiger partial charge >= 0.3 is 0 Å². The van der Waals surface area contributed by atoms with Crippen LogP contribution in [0.3, 0.4) is 0 Å². The highest BCUT2D eigenvalue weighted by molar-refractivity contribution is 6.26. The van der Waals surface area contributed by atoms with Gasteiger partial charge in [0.1, 0.15) is 17.4 Å². The molecular weight excluding hydrogens is 464 g/mol. The number of amides is 4. The zero-order chi connectivity index (χ0) is 25.0. The average Bonchev–Trinajstić information content (AvgIpc) is 3.53. The molecule has 182 valence electrons. The summed E-state index contributed by atoms with van der Waals surface area (Å²) in [6.07, 6.45) is -0.822. The van der Waals surface area contributed by atoms with Crippen LogP contribution in [0.25, 0.3) is 0 Å². The first-order valence-electron chi connectivity index (χ1n) is 11.9. The van der Waals surface area contributed by atoms with E-state index in [1.165, 1.54) is 0 Å². The van der Waals surface area contributed by atoms with Crippen LogP contribution in [0.2, 0.25) is 0 Å². The molecule has 4 aliphatic heterocycles. The predicted molar refractivity (Wildman–Crippen MR) is 123 cm³/mol. The third-order valence-electron chi connectivity index (χ3n) is 7.49. The summed E-state index contributed by atoms with van der Waals surface area (Å²) >= 11 is 0. The molecule has 0 aromatic heterocycles. The Morgan fingerprint density at radius 2 is 1.19 bits per heavy atom. The SMILES string of the molecule is N#CCCCCC12[C@@H]3C(=O)N(c4ccccc4)C(=O)[C@H]3ON1O[C@H]1C(=O)N(c3ccccc3)C(=O)[C@@H]12. The van der Waals surface area contributed by atoms with Gasteiger partial charge in [-0.2, -0.15) is 5.26 Å². The minimum atomic E-state index is -1.36. The average molecular weight is 486 g/mol. The van der Waals surface area contributed by atoms with Gasteiger partial charge in [-0.25, -0.2) is 9.80 Å². The number of rotatable bonds is 6. The number of anilines is 2. The van der Waals surface area contributed by atoms with E-state index in [0.29, 0.717) is 30.6 Å². The highest BCUT2D eigenvalue weighted by Gasteiger charge is 2.78. The fourth-order valence-corrected chi connectivity index (χ4v) is 5.98. The quantitative estimate of drug-likeness (QED) is 0.450. The molecule has 0 radical (unpaired) electrons. The highest BCUT2D eigenvalue weighted by atomic mass is 17.0. The van der Waals surface area contributed by atoms with Gasteiger partial charge in [-0.15, -0.1) is 0 Å². The van der Waals surface area contributed by atoms with Crippen LogP contribution in [0.4, 0.5) is 11.4 Å². The number of nitrogens with zero attached hydrogens (tertiary/aromatic N) is 4. The molecule has 0 saturated carbocycles. The summed E-state index contributed by atoms with van der Waals surface area (Å²) in [6.45, 7) is 0. The lowest BCUT2D eigenvalue weighted by atomic mass is 9.69. The smallest absolute Gasteiger partial charge is 0.266 e. The molecule has 4 saturated heterocycles.